The number of nitrogens with zero attached hydrogens (tertiary/aromatic N) is 3. The molecule has 2 heterocycles. The maximum Gasteiger partial charge on any atom is 0.330 e. The summed E-state index contributed by atoms with van der Waals surface area (Å²) in [5, 5.41) is 3.20. The lowest BCUT2D eigenvalue weighted by Gasteiger charge is -2.11. The highest BCUT2D eigenvalue weighted by molar-refractivity contribution is 5.41. The lowest BCUT2D eigenvalue weighted by atomic mass is 10.2. The maximum absolute atomic E-state index is 12.1. The molecule has 0 fully saturated rings. The van der Waals surface area contributed by atoms with Gasteiger partial charge in [-0.3, -0.25) is 9.36 Å². The van der Waals surface area contributed by atoms with Crippen LogP contribution in [0.15, 0.2) is 58.4 Å². The first-order valence-corrected chi connectivity index (χ1v) is 9.30. The molecule has 0 saturated heterocycles. The molecule has 152 valence electrons. The molecule has 0 unspecified atom stereocenters. The van der Waals surface area contributed by atoms with Gasteiger partial charge in [0.05, 0.1) is 6.61 Å². The van der Waals surface area contributed by atoms with Gasteiger partial charge < -0.3 is 19.4 Å². The van der Waals surface area contributed by atoms with Crippen molar-refractivity contribution in [2.24, 2.45) is 14.1 Å². The Morgan fingerprint density at radius 3 is 2.48 bits per heavy atom. The number of pyridine rings is 1. The zero-order chi connectivity index (χ0) is 20.8. The molecule has 0 atom stereocenters. The summed E-state index contributed by atoms with van der Waals surface area (Å²) >= 11 is 0. The smallest absolute Gasteiger partial charge is 0.330 e. The first kappa shape index (κ1) is 20.3. The Balaban J connectivity index is 1.61. The molecule has 0 aliphatic rings. The average molecular weight is 396 g/mol. The standard InChI is InChI=1S/C21H24N4O4/c1-4-28-17-7-5-6-8-18(17)29-19-10-9-15(12-23-19)11-22-13-16-14-24(2)21(27)25(3)20(16)26/h5-10,12,14,22H,4,11,13H2,1-3H3. The molecule has 29 heavy (non-hydrogen) atoms. The van der Waals surface area contributed by atoms with E-state index < -0.39 is 0 Å². The van der Waals surface area contributed by atoms with Gasteiger partial charge in [-0.05, 0) is 24.6 Å². The SMILES string of the molecule is CCOc1ccccc1Oc1ccc(CNCc2cn(C)c(=O)n(C)c2=O)cn1. The summed E-state index contributed by atoms with van der Waals surface area (Å²) in [6.07, 6.45) is 3.27. The van der Waals surface area contributed by atoms with Gasteiger partial charge in [-0.25, -0.2) is 9.78 Å². The summed E-state index contributed by atoms with van der Waals surface area (Å²) in [5.74, 6) is 1.74. The first-order chi connectivity index (χ1) is 14.0. The van der Waals surface area contributed by atoms with Crippen LogP contribution in [-0.2, 0) is 27.2 Å². The summed E-state index contributed by atoms with van der Waals surface area (Å²) < 4.78 is 13.9. The van der Waals surface area contributed by atoms with Crippen LogP contribution in [-0.4, -0.2) is 20.7 Å². The summed E-state index contributed by atoms with van der Waals surface area (Å²) in [4.78, 5) is 28.2. The Morgan fingerprint density at radius 2 is 1.79 bits per heavy atom. The van der Waals surface area contributed by atoms with Crippen molar-refractivity contribution in [1.29, 1.82) is 0 Å². The Morgan fingerprint density at radius 1 is 1.03 bits per heavy atom. The van der Waals surface area contributed by atoms with E-state index in [4.69, 9.17) is 9.47 Å². The summed E-state index contributed by atoms with van der Waals surface area (Å²) in [6.45, 7) is 3.34. The second kappa shape index (κ2) is 9.20. The molecule has 0 spiro atoms. The minimum Gasteiger partial charge on any atom is -0.490 e. The quantitative estimate of drug-likeness (QED) is 0.626. The normalized spacial score (nSPS) is 10.7. The van der Waals surface area contributed by atoms with Gasteiger partial charge in [-0.2, -0.15) is 0 Å². The summed E-state index contributed by atoms with van der Waals surface area (Å²) in [7, 11) is 3.10. The van der Waals surface area contributed by atoms with Crippen molar-refractivity contribution < 1.29 is 9.47 Å². The fourth-order valence-corrected chi connectivity index (χ4v) is 2.84. The number of aryl methyl sites for hydroxylation is 1. The van der Waals surface area contributed by atoms with Crippen molar-refractivity contribution in [3.63, 3.8) is 0 Å². The van der Waals surface area contributed by atoms with Crippen molar-refractivity contribution in [1.82, 2.24) is 19.4 Å². The third kappa shape index (κ3) is 4.91. The van der Waals surface area contributed by atoms with E-state index in [9.17, 15) is 9.59 Å². The molecule has 1 N–H and O–H groups in total. The van der Waals surface area contributed by atoms with Gasteiger partial charge >= 0.3 is 5.69 Å². The Bertz CT molecular complexity index is 1090. The topological polar surface area (TPSA) is 87.4 Å². The van der Waals surface area contributed by atoms with E-state index >= 15 is 0 Å². The van der Waals surface area contributed by atoms with Gasteiger partial charge in [0, 0.05) is 51.2 Å². The van der Waals surface area contributed by atoms with Gasteiger partial charge in [0.25, 0.3) is 5.56 Å². The molecule has 0 aliphatic carbocycles. The zero-order valence-corrected chi connectivity index (χ0v) is 16.7. The van der Waals surface area contributed by atoms with Crippen LogP contribution in [0.3, 0.4) is 0 Å². The van der Waals surface area contributed by atoms with Crippen LogP contribution in [0.5, 0.6) is 17.4 Å². The first-order valence-electron chi connectivity index (χ1n) is 9.30. The minimum absolute atomic E-state index is 0.296. The van der Waals surface area contributed by atoms with Gasteiger partial charge in [0.2, 0.25) is 5.88 Å². The van der Waals surface area contributed by atoms with Gasteiger partial charge in [0.1, 0.15) is 0 Å². The van der Waals surface area contributed by atoms with Crippen LogP contribution in [0.1, 0.15) is 18.1 Å². The fourth-order valence-electron chi connectivity index (χ4n) is 2.84. The van der Waals surface area contributed by atoms with Crippen molar-refractivity contribution in [3.8, 4) is 17.4 Å². The molecular formula is C21H24N4O4. The third-order valence-electron chi connectivity index (χ3n) is 4.32. The van der Waals surface area contributed by atoms with E-state index in [-0.39, 0.29) is 11.2 Å². The highest BCUT2D eigenvalue weighted by Gasteiger charge is 2.08. The number of nitrogens with one attached hydrogen (secondary N) is 1. The lowest BCUT2D eigenvalue weighted by Crippen LogP contribution is -2.39. The molecular weight excluding hydrogens is 372 g/mol. The van der Waals surface area contributed by atoms with Crippen molar-refractivity contribution >= 4 is 0 Å². The Hall–Kier alpha value is -3.39. The third-order valence-corrected chi connectivity index (χ3v) is 4.32. The maximum atomic E-state index is 12.1. The molecule has 2 aromatic heterocycles. The van der Waals surface area contributed by atoms with Crippen LogP contribution >= 0.6 is 0 Å². The Kier molecular flexibility index (Phi) is 6.46. The van der Waals surface area contributed by atoms with Crippen LogP contribution in [0.25, 0.3) is 0 Å². The van der Waals surface area contributed by atoms with Crippen LogP contribution in [0.4, 0.5) is 0 Å². The molecule has 0 aliphatic heterocycles. The molecule has 8 heteroatoms. The fraction of sp³-hybridized carbons (Fsp3) is 0.286. The minimum atomic E-state index is -0.343. The number of rotatable bonds is 8. The van der Waals surface area contributed by atoms with Crippen LogP contribution in [0, 0.1) is 0 Å². The molecule has 0 bridgehead atoms. The van der Waals surface area contributed by atoms with Gasteiger partial charge in [0.15, 0.2) is 11.5 Å². The molecule has 3 rings (SSSR count). The van der Waals surface area contributed by atoms with E-state index in [2.05, 4.69) is 10.3 Å². The largest absolute Gasteiger partial charge is 0.490 e. The number of aromatic nitrogens is 3. The number of hydrogen-bond donors (Lipinski definition) is 1. The highest BCUT2D eigenvalue weighted by atomic mass is 16.5. The molecule has 8 nitrogen and oxygen atoms in total. The average Bonchev–Trinajstić information content (AvgIpc) is 2.73. The van der Waals surface area contributed by atoms with Crippen LogP contribution in [0.2, 0.25) is 0 Å². The summed E-state index contributed by atoms with van der Waals surface area (Å²) in [5.41, 5.74) is 0.826. The summed E-state index contributed by atoms with van der Waals surface area (Å²) in [6, 6.07) is 11.1. The van der Waals surface area contributed by atoms with Gasteiger partial charge in [-0.1, -0.05) is 18.2 Å². The van der Waals surface area contributed by atoms with Crippen molar-refractivity contribution in [3.05, 3.63) is 80.8 Å². The molecule has 0 saturated carbocycles. The van der Waals surface area contributed by atoms with E-state index in [1.54, 1.807) is 25.5 Å². The van der Waals surface area contributed by atoms with E-state index in [1.165, 1.54) is 11.6 Å². The molecule has 0 radical (unpaired) electrons. The molecule has 0 amide bonds. The van der Waals surface area contributed by atoms with Gasteiger partial charge in [-0.15, -0.1) is 0 Å². The monoisotopic (exact) mass is 396 g/mol. The number of benzene rings is 1. The molecule has 3 aromatic rings. The van der Waals surface area contributed by atoms with Crippen molar-refractivity contribution in [2.75, 3.05) is 6.61 Å². The second-order valence-electron chi connectivity index (χ2n) is 6.50. The van der Waals surface area contributed by atoms with E-state index in [0.29, 0.717) is 42.6 Å². The zero-order valence-electron chi connectivity index (χ0n) is 16.7. The van der Waals surface area contributed by atoms with Crippen molar-refractivity contribution in [2.45, 2.75) is 20.0 Å². The number of ether oxygens (including phenoxy) is 2. The number of para-hydroxylation sites is 2. The van der Waals surface area contributed by atoms with E-state index in [0.717, 1.165) is 10.1 Å². The lowest BCUT2D eigenvalue weighted by molar-refractivity contribution is 0.319. The molecule has 1 aromatic carbocycles. The predicted octanol–water partition coefficient (Wildman–Crippen LogP) is 1.96. The Labute approximate surface area is 168 Å². The number of hydrogen-bond acceptors (Lipinski definition) is 6. The predicted molar refractivity (Wildman–Crippen MR) is 109 cm³/mol. The van der Waals surface area contributed by atoms with E-state index in [1.807, 2.05) is 37.3 Å². The highest BCUT2D eigenvalue weighted by Crippen LogP contribution is 2.30. The second-order valence-corrected chi connectivity index (χ2v) is 6.50. The van der Waals surface area contributed by atoms with Crippen LogP contribution < -0.4 is 26.0 Å².